The first-order chi connectivity index (χ1) is 12.1. The van der Waals surface area contributed by atoms with E-state index in [2.05, 4.69) is 38.3 Å². The fourth-order valence-corrected chi connectivity index (χ4v) is 3.08. The summed E-state index contributed by atoms with van der Waals surface area (Å²) in [6, 6.07) is 17.4. The molecule has 0 spiro atoms. The number of benzene rings is 2. The van der Waals surface area contributed by atoms with Gasteiger partial charge in [-0.2, -0.15) is 0 Å². The van der Waals surface area contributed by atoms with Crippen LogP contribution in [0.15, 0.2) is 59.1 Å². The number of hydrogen-bond acceptors (Lipinski definition) is 3. The lowest BCUT2D eigenvalue weighted by Gasteiger charge is -2.34. The van der Waals surface area contributed by atoms with E-state index < -0.39 is 11.8 Å². The zero-order chi connectivity index (χ0) is 17.6. The first kappa shape index (κ1) is 17.6. The molecular formula is C19H20BrN3O2. The molecule has 6 heteroatoms. The summed E-state index contributed by atoms with van der Waals surface area (Å²) in [5, 5.41) is 2.65. The molecule has 0 aliphatic carbocycles. The van der Waals surface area contributed by atoms with Crippen LogP contribution in [-0.2, 0) is 16.1 Å². The minimum atomic E-state index is -0.584. The molecule has 1 aliphatic heterocycles. The molecule has 2 aromatic carbocycles. The zero-order valence-electron chi connectivity index (χ0n) is 13.8. The lowest BCUT2D eigenvalue weighted by atomic mass is 10.2. The van der Waals surface area contributed by atoms with E-state index in [1.165, 1.54) is 5.56 Å². The van der Waals surface area contributed by atoms with E-state index >= 15 is 0 Å². The Labute approximate surface area is 155 Å². The van der Waals surface area contributed by atoms with Gasteiger partial charge in [0.05, 0.1) is 0 Å². The maximum absolute atomic E-state index is 12.3. The number of hydrogen-bond donors (Lipinski definition) is 1. The number of carbonyl (C=O) groups is 2. The number of anilines is 1. The summed E-state index contributed by atoms with van der Waals surface area (Å²) in [4.78, 5) is 28.4. The molecule has 2 amide bonds. The topological polar surface area (TPSA) is 52.7 Å². The Morgan fingerprint density at radius 3 is 2.20 bits per heavy atom. The van der Waals surface area contributed by atoms with Crippen molar-refractivity contribution in [2.75, 3.05) is 31.5 Å². The zero-order valence-corrected chi connectivity index (χ0v) is 15.4. The highest BCUT2D eigenvalue weighted by Crippen LogP contribution is 2.14. The number of piperazine rings is 1. The summed E-state index contributed by atoms with van der Waals surface area (Å²) in [5.74, 6) is -1.05. The van der Waals surface area contributed by atoms with E-state index in [1.54, 1.807) is 17.0 Å². The molecule has 25 heavy (non-hydrogen) atoms. The van der Waals surface area contributed by atoms with Gasteiger partial charge in [-0.25, -0.2) is 0 Å². The molecule has 130 valence electrons. The van der Waals surface area contributed by atoms with Crippen LogP contribution >= 0.6 is 15.9 Å². The second-order valence-corrected chi connectivity index (χ2v) is 6.93. The van der Waals surface area contributed by atoms with Crippen molar-refractivity contribution in [1.82, 2.24) is 9.80 Å². The van der Waals surface area contributed by atoms with Crippen molar-refractivity contribution in [3.8, 4) is 0 Å². The van der Waals surface area contributed by atoms with Crippen molar-refractivity contribution in [1.29, 1.82) is 0 Å². The molecule has 0 unspecified atom stereocenters. The van der Waals surface area contributed by atoms with Gasteiger partial charge >= 0.3 is 11.8 Å². The Kier molecular flexibility index (Phi) is 5.83. The third-order valence-corrected chi connectivity index (χ3v) is 4.73. The van der Waals surface area contributed by atoms with Crippen LogP contribution in [0.2, 0.25) is 0 Å². The summed E-state index contributed by atoms with van der Waals surface area (Å²) in [7, 11) is 0. The van der Waals surface area contributed by atoms with Crippen LogP contribution in [0, 0.1) is 0 Å². The second kappa shape index (κ2) is 8.27. The Morgan fingerprint density at radius 1 is 0.920 bits per heavy atom. The number of halogens is 1. The third-order valence-electron chi connectivity index (χ3n) is 4.20. The van der Waals surface area contributed by atoms with Crippen molar-refractivity contribution in [3.63, 3.8) is 0 Å². The molecule has 1 N–H and O–H groups in total. The molecule has 0 aromatic heterocycles. The number of rotatable bonds is 3. The highest BCUT2D eigenvalue weighted by Gasteiger charge is 2.26. The summed E-state index contributed by atoms with van der Waals surface area (Å²) >= 11 is 3.34. The minimum Gasteiger partial charge on any atom is -0.332 e. The predicted octanol–water partition coefficient (Wildman–Crippen LogP) is 2.73. The molecule has 1 aliphatic rings. The van der Waals surface area contributed by atoms with Gasteiger partial charge in [-0.1, -0.05) is 46.3 Å². The Morgan fingerprint density at radius 2 is 1.56 bits per heavy atom. The normalized spacial score (nSPS) is 15.0. The molecule has 0 bridgehead atoms. The van der Waals surface area contributed by atoms with Crippen molar-refractivity contribution in [2.24, 2.45) is 0 Å². The van der Waals surface area contributed by atoms with Crippen molar-refractivity contribution < 1.29 is 9.59 Å². The van der Waals surface area contributed by atoms with Crippen LogP contribution in [-0.4, -0.2) is 47.8 Å². The third kappa shape index (κ3) is 4.90. The smallest absolute Gasteiger partial charge is 0.313 e. The van der Waals surface area contributed by atoms with E-state index in [0.717, 1.165) is 24.1 Å². The van der Waals surface area contributed by atoms with Gasteiger partial charge < -0.3 is 10.2 Å². The maximum Gasteiger partial charge on any atom is 0.313 e. The molecule has 0 saturated carbocycles. The van der Waals surface area contributed by atoms with Gasteiger partial charge in [0.25, 0.3) is 0 Å². The molecule has 5 nitrogen and oxygen atoms in total. The first-order valence-electron chi connectivity index (χ1n) is 8.24. The largest absolute Gasteiger partial charge is 0.332 e. The standard InChI is InChI=1S/C19H20BrN3O2/c20-16-6-8-17(9-7-16)21-18(24)19(25)23-12-10-22(11-13-23)14-15-4-2-1-3-5-15/h1-9H,10-14H2,(H,21,24). The van der Waals surface area contributed by atoms with Crippen LogP contribution in [0.1, 0.15) is 5.56 Å². The fraction of sp³-hybridized carbons (Fsp3) is 0.263. The number of amides is 2. The average molecular weight is 402 g/mol. The Balaban J connectivity index is 1.49. The Hall–Kier alpha value is -2.18. The molecule has 1 fully saturated rings. The molecule has 3 rings (SSSR count). The van der Waals surface area contributed by atoms with E-state index in [1.807, 2.05) is 30.3 Å². The minimum absolute atomic E-state index is 0.470. The highest BCUT2D eigenvalue weighted by molar-refractivity contribution is 9.10. The number of nitrogens with one attached hydrogen (secondary N) is 1. The molecule has 0 radical (unpaired) electrons. The quantitative estimate of drug-likeness (QED) is 0.804. The molecule has 1 heterocycles. The molecule has 0 atom stereocenters. The Bertz CT molecular complexity index is 726. The summed E-state index contributed by atoms with van der Waals surface area (Å²) in [6.07, 6.45) is 0. The van der Waals surface area contributed by atoms with Crippen LogP contribution < -0.4 is 5.32 Å². The van der Waals surface area contributed by atoms with E-state index in [9.17, 15) is 9.59 Å². The second-order valence-electron chi connectivity index (χ2n) is 6.01. The van der Waals surface area contributed by atoms with Crippen LogP contribution in [0.25, 0.3) is 0 Å². The van der Waals surface area contributed by atoms with E-state index in [0.29, 0.717) is 18.8 Å². The molecular weight excluding hydrogens is 382 g/mol. The maximum atomic E-state index is 12.3. The van der Waals surface area contributed by atoms with Gasteiger partial charge in [0.15, 0.2) is 0 Å². The highest BCUT2D eigenvalue weighted by atomic mass is 79.9. The molecule has 2 aromatic rings. The molecule has 1 saturated heterocycles. The van der Waals surface area contributed by atoms with Gasteiger partial charge in [-0.15, -0.1) is 0 Å². The van der Waals surface area contributed by atoms with Crippen LogP contribution in [0.3, 0.4) is 0 Å². The van der Waals surface area contributed by atoms with Crippen molar-refractivity contribution in [3.05, 3.63) is 64.6 Å². The van der Waals surface area contributed by atoms with Crippen molar-refractivity contribution in [2.45, 2.75) is 6.54 Å². The van der Waals surface area contributed by atoms with Gasteiger partial charge in [0.1, 0.15) is 0 Å². The van der Waals surface area contributed by atoms with E-state index in [4.69, 9.17) is 0 Å². The summed E-state index contributed by atoms with van der Waals surface area (Å²) < 4.78 is 0.923. The van der Waals surface area contributed by atoms with Crippen molar-refractivity contribution >= 4 is 33.4 Å². The van der Waals surface area contributed by atoms with Gasteiger partial charge in [0.2, 0.25) is 0 Å². The van der Waals surface area contributed by atoms with Crippen LogP contribution in [0.5, 0.6) is 0 Å². The monoisotopic (exact) mass is 401 g/mol. The number of nitrogens with zero attached hydrogens (tertiary/aromatic N) is 2. The van der Waals surface area contributed by atoms with Gasteiger partial charge in [0, 0.05) is 42.9 Å². The lowest BCUT2D eigenvalue weighted by molar-refractivity contribution is -0.144. The fourth-order valence-electron chi connectivity index (χ4n) is 2.81. The van der Waals surface area contributed by atoms with Crippen LogP contribution in [0.4, 0.5) is 5.69 Å². The SMILES string of the molecule is O=C(Nc1ccc(Br)cc1)C(=O)N1CCN(Cc2ccccc2)CC1. The lowest BCUT2D eigenvalue weighted by Crippen LogP contribution is -2.51. The summed E-state index contributed by atoms with van der Waals surface area (Å²) in [6.45, 7) is 3.55. The summed E-state index contributed by atoms with van der Waals surface area (Å²) in [5.41, 5.74) is 1.87. The van der Waals surface area contributed by atoms with Gasteiger partial charge in [-0.3, -0.25) is 14.5 Å². The first-order valence-corrected chi connectivity index (χ1v) is 9.03. The van der Waals surface area contributed by atoms with Gasteiger partial charge in [-0.05, 0) is 29.8 Å². The average Bonchev–Trinajstić information content (AvgIpc) is 2.64. The van der Waals surface area contributed by atoms with E-state index in [-0.39, 0.29) is 0 Å². The number of carbonyl (C=O) groups excluding carboxylic acids is 2. The predicted molar refractivity (Wildman–Crippen MR) is 101 cm³/mol.